The molecule has 0 aliphatic heterocycles. The Morgan fingerprint density at radius 2 is 1.95 bits per heavy atom. The minimum absolute atomic E-state index is 0.0425. The zero-order valence-corrected chi connectivity index (χ0v) is 14.5. The monoisotopic (exact) mass is 414 g/mol. The highest BCUT2D eigenvalue weighted by atomic mass is 79.9. The van der Waals surface area contributed by atoms with E-state index in [0.717, 1.165) is 0 Å². The van der Waals surface area contributed by atoms with Gasteiger partial charge in [0, 0.05) is 27.1 Å². The number of hydrogen-bond acceptors (Lipinski definition) is 6. The highest BCUT2D eigenvalue weighted by molar-refractivity contribution is 9.11. The maximum absolute atomic E-state index is 12.5. The van der Waals surface area contributed by atoms with E-state index in [0.29, 0.717) is 6.42 Å². The highest BCUT2D eigenvalue weighted by Crippen LogP contribution is 2.67. The van der Waals surface area contributed by atoms with E-state index in [9.17, 15) is 14.7 Å². The van der Waals surface area contributed by atoms with Gasteiger partial charge in [-0.2, -0.15) is 0 Å². The van der Waals surface area contributed by atoms with Crippen LogP contribution in [0.25, 0.3) is 0 Å². The molecule has 0 aromatic rings. The molecular formula is C12H16Br2O6. The molecule has 20 heavy (non-hydrogen) atoms. The van der Waals surface area contributed by atoms with Gasteiger partial charge in [-0.1, -0.05) is 31.9 Å². The van der Waals surface area contributed by atoms with Gasteiger partial charge in [0.05, 0.1) is 6.61 Å². The lowest BCUT2D eigenvalue weighted by Gasteiger charge is -2.39. The van der Waals surface area contributed by atoms with Gasteiger partial charge in [-0.25, -0.2) is 0 Å². The third-order valence-corrected chi connectivity index (χ3v) is 7.07. The second-order valence-corrected chi connectivity index (χ2v) is 7.74. The van der Waals surface area contributed by atoms with Crippen LogP contribution in [0.1, 0.15) is 13.3 Å². The SMILES string of the molecule is COC1(OC)[C@@]2(Br)C[C@H](COC(C)=O)[C@]1(Br)C(=O)[C@@H]2O. The van der Waals surface area contributed by atoms with E-state index in [-0.39, 0.29) is 12.5 Å². The van der Waals surface area contributed by atoms with E-state index >= 15 is 0 Å². The maximum atomic E-state index is 12.5. The molecule has 6 nitrogen and oxygen atoms in total. The van der Waals surface area contributed by atoms with E-state index in [4.69, 9.17) is 14.2 Å². The van der Waals surface area contributed by atoms with Crippen molar-refractivity contribution in [1.82, 2.24) is 0 Å². The largest absolute Gasteiger partial charge is 0.466 e. The fourth-order valence-corrected chi connectivity index (χ4v) is 6.07. The van der Waals surface area contributed by atoms with E-state index in [1.54, 1.807) is 0 Å². The minimum Gasteiger partial charge on any atom is -0.466 e. The second kappa shape index (κ2) is 5.01. The summed E-state index contributed by atoms with van der Waals surface area (Å²) in [6, 6.07) is 0. The Kier molecular flexibility index (Phi) is 4.10. The molecule has 2 aliphatic carbocycles. The Bertz CT molecular complexity index is 451. The molecule has 0 spiro atoms. The first kappa shape index (κ1) is 16.4. The van der Waals surface area contributed by atoms with Crippen molar-refractivity contribution >= 4 is 43.6 Å². The van der Waals surface area contributed by atoms with Gasteiger partial charge in [-0.15, -0.1) is 0 Å². The number of methoxy groups -OCH3 is 2. The lowest BCUT2D eigenvalue weighted by Crippen LogP contribution is -2.57. The summed E-state index contributed by atoms with van der Waals surface area (Å²) in [6.07, 6.45) is -0.907. The van der Waals surface area contributed by atoms with Crippen LogP contribution >= 0.6 is 31.9 Å². The molecule has 4 atom stereocenters. The molecule has 0 unspecified atom stereocenters. The molecule has 2 fully saturated rings. The number of aliphatic hydroxyl groups is 1. The number of Topliss-reactive ketones (excluding diaryl/α,β-unsaturated/α-hetero) is 1. The molecule has 0 heterocycles. The van der Waals surface area contributed by atoms with Crippen LogP contribution in [0.4, 0.5) is 0 Å². The number of ether oxygens (including phenoxy) is 3. The van der Waals surface area contributed by atoms with Crippen molar-refractivity contribution in [3.63, 3.8) is 0 Å². The van der Waals surface area contributed by atoms with E-state index in [1.165, 1.54) is 21.1 Å². The average Bonchev–Trinajstić information content (AvgIpc) is 2.67. The molecule has 2 bridgehead atoms. The zero-order chi connectivity index (χ0) is 15.3. The van der Waals surface area contributed by atoms with Crippen molar-refractivity contribution in [2.75, 3.05) is 20.8 Å². The number of esters is 1. The molecule has 2 saturated carbocycles. The molecule has 1 N–H and O–H groups in total. The highest BCUT2D eigenvalue weighted by Gasteiger charge is 2.84. The molecular weight excluding hydrogens is 400 g/mol. The summed E-state index contributed by atoms with van der Waals surface area (Å²) in [5, 5.41) is 10.2. The van der Waals surface area contributed by atoms with Crippen LogP contribution < -0.4 is 0 Å². The number of halogens is 2. The zero-order valence-electron chi connectivity index (χ0n) is 11.3. The molecule has 2 rings (SSSR count). The number of fused-ring (bicyclic) bond motifs is 2. The third-order valence-electron chi connectivity index (χ3n) is 4.24. The van der Waals surface area contributed by atoms with Gasteiger partial charge >= 0.3 is 5.97 Å². The van der Waals surface area contributed by atoms with Crippen LogP contribution in [-0.4, -0.2) is 58.2 Å². The van der Waals surface area contributed by atoms with Crippen molar-refractivity contribution in [1.29, 1.82) is 0 Å². The number of alkyl halides is 2. The van der Waals surface area contributed by atoms with Crippen molar-refractivity contribution < 1.29 is 28.9 Å². The Morgan fingerprint density at radius 1 is 1.40 bits per heavy atom. The third kappa shape index (κ3) is 1.65. The lowest BCUT2D eigenvalue weighted by molar-refractivity contribution is -0.220. The van der Waals surface area contributed by atoms with Gasteiger partial charge in [0.2, 0.25) is 5.79 Å². The number of aliphatic hydroxyl groups excluding tert-OH is 1. The van der Waals surface area contributed by atoms with E-state index in [1.807, 2.05) is 0 Å². The predicted octanol–water partition coefficient (Wildman–Crippen LogP) is 0.769. The Balaban J connectivity index is 2.46. The topological polar surface area (TPSA) is 82.1 Å². The summed E-state index contributed by atoms with van der Waals surface area (Å²) in [5.41, 5.74) is 0. The molecule has 0 aromatic heterocycles. The van der Waals surface area contributed by atoms with E-state index in [2.05, 4.69) is 31.9 Å². The summed E-state index contributed by atoms with van der Waals surface area (Å²) in [4.78, 5) is 23.4. The average molecular weight is 416 g/mol. The maximum Gasteiger partial charge on any atom is 0.302 e. The van der Waals surface area contributed by atoms with Gasteiger partial charge in [0.1, 0.15) is 14.8 Å². The number of rotatable bonds is 4. The molecule has 2 aliphatic rings. The number of carbonyl (C=O) groups is 2. The number of hydrogen-bond donors (Lipinski definition) is 1. The Morgan fingerprint density at radius 3 is 2.35 bits per heavy atom. The number of carbonyl (C=O) groups excluding carboxylic acids is 2. The summed E-state index contributed by atoms with van der Waals surface area (Å²) >= 11 is 6.83. The van der Waals surface area contributed by atoms with Gasteiger partial charge in [0.25, 0.3) is 0 Å². The summed E-state index contributed by atoms with van der Waals surface area (Å²) in [7, 11) is 2.82. The summed E-state index contributed by atoms with van der Waals surface area (Å²) in [6.45, 7) is 1.34. The standard InChI is InChI=1S/C12H16Br2O6/c1-6(15)20-5-7-4-10(13)8(16)9(17)11(7,14)12(10,18-2)19-3/h7-8,16H,4-5H2,1-3H3/t7-,8+,10-,11+/m1/s1. The van der Waals surface area contributed by atoms with Gasteiger partial charge in [-0.05, 0) is 6.42 Å². The van der Waals surface area contributed by atoms with Crippen molar-refractivity contribution in [3.8, 4) is 0 Å². The Labute approximate surface area is 133 Å². The fourth-order valence-electron chi connectivity index (χ4n) is 3.38. The second-order valence-electron chi connectivity index (χ2n) is 5.07. The lowest BCUT2D eigenvalue weighted by atomic mass is 9.86. The van der Waals surface area contributed by atoms with Gasteiger partial charge in [-0.3, -0.25) is 9.59 Å². The van der Waals surface area contributed by atoms with Crippen LogP contribution in [-0.2, 0) is 23.8 Å². The van der Waals surface area contributed by atoms with Crippen LogP contribution in [0.5, 0.6) is 0 Å². The van der Waals surface area contributed by atoms with Crippen LogP contribution in [0.15, 0.2) is 0 Å². The smallest absolute Gasteiger partial charge is 0.302 e. The van der Waals surface area contributed by atoms with Gasteiger partial charge < -0.3 is 19.3 Å². The van der Waals surface area contributed by atoms with Crippen molar-refractivity contribution in [3.05, 3.63) is 0 Å². The quantitative estimate of drug-likeness (QED) is 0.415. The Hall–Kier alpha value is -0.0200. The fraction of sp³-hybridized carbons (Fsp3) is 0.833. The first-order chi connectivity index (χ1) is 9.21. The van der Waals surface area contributed by atoms with Gasteiger partial charge in [0.15, 0.2) is 5.78 Å². The predicted molar refractivity (Wildman–Crippen MR) is 75.8 cm³/mol. The summed E-state index contributed by atoms with van der Waals surface area (Å²) in [5.74, 6) is -2.62. The van der Waals surface area contributed by atoms with Crippen molar-refractivity contribution in [2.45, 2.75) is 33.9 Å². The normalized spacial score (nSPS) is 42.0. The van der Waals surface area contributed by atoms with E-state index < -0.39 is 32.3 Å². The minimum atomic E-state index is -1.37. The van der Waals surface area contributed by atoms with Crippen LogP contribution in [0.3, 0.4) is 0 Å². The van der Waals surface area contributed by atoms with Crippen LogP contribution in [0, 0.1) is 5.92 Å². The molecule has 0 aromatic carbocycles. The summed E-state index contributed by atoms with van der Waals surface area (Å²) < 4.78 is 13.6. The molecule has 0 radical (unpaired) electrons. The first-order valence-electron chi connectivity index (χ1n) is 6.05. The molecule has 0 amide bonds. The molecule has 0 saturated heterocycles. The number of ketones is 1. The molecule has 8 heteroatoms. The molecule has 114 valence electrons. The van der Waals surface area contributed by atoms with Crippen LogP contribution in [0.2, 0.25) is 0 Å². The first-order valence-corrected chi connectivity index (χ1v) is 7.63. The van der Waals surface area contributed by atoms with Crippen molar-refractivity contribution in [2.24, 2.45) is 5.92 Å².